The number of fused-ring (bicyclic) bond motifs is 1. The summed E-state index contributed by atoms with van der Waals surface area (Å²) in [5, 5.41) is 9.29. The van der Waals surface area contributed by atoms with Gasteiger partial charge in [0.25, 0.3) is 5.56 Å². The molecule has 7 nitrogen and oxygen atoms in total. The molecule has 0 atom stereocenters. The Hall–Kier alpha value is -3.48. The maximum atomic E-state index is 12.5. The summed E-state index contributed by atoms with van der Waals surface area (Å²) in [7, 11) is 2.81. The zero-order chi connectivity index (χ0) is 18.8. The molecule has 132 valence electrons. The van der Waals surface area contributed by atoms with Gasteiger partial charge >= 0.3 is 11.7 Å². The predicted octanol–water partition coefficient (Wildman–Crippen LogP) is 1.42. The first kappa shape index (κ1) is 17.3. The number of carbonyl (C=O) groups excluding carboxylic acids is 1. The SMILES string of the molecule is COC(=O)C(=N)Cc1cccc2c(-n3c(=O)ccn(C)c3=O)cccc12. The average Bonchev–Trinajstić information content (AvgIpc) is 2.65. The van der Waals surface area contributed by atoms with E-state index in [0.29, 0.717) is 11.1 Å². The van der Waals surface area contributed by atoms with Gasteiger partial charge in [-0.15, -0.1) is 0 Å². The van der Waals surface area contributed by atoms with Crippen LogP contribution in [-0.4, -0.2) is 27.9 Å². The van der Waals surface area contributed by atoms with Gasteiger partial charge in [-0.25, -0.2) is 14.2 Å². The summed E-state index contributed by atoms with van der Waals surface area (Å²) in [6, 6.07) is 12.0. The van der Waals surface area contributed by atoms with Crippen LogP contribution in [0, 0.1) is 5.41 Å². The van der Waals surface area contributed by atoms with Crippen LogP contribution in [0.3, 0.4) is 0 Å². The molecule has 1 aromatic heterocycles. The van der Waals surface area contributed by atoms with E-state index >= 15 is 0 Å². The number of aromatic nitrogens is 2. The number of aryl methyl sites for hydroxylation is 1. The number of hydrogen-bond donors (Lipinski definition) is 1. The third-order valence-corrected chi connectivity index (χ3v) is 4.18. The highest BCUT2D eigenvalue weighted by molar-refractivity contribution is 6.35. The second-order valence-electron chi connectivity index (χ2n) is 5.82. The highest BCUT2D eigenvalue weighted by Gasteiger charge is 2.14. The third kappa shape index (κ3) is 2.95. The lowest BCUT2D eigenvalue weighted by Gasteiger charge is -2.12. The minimum atomic E-state index is -0.689. The number of nitrogens with zero attached hydrogens (tertiary/aromatic N) is 2. The number of hydrogen-bond acceptors (Lipinski definition) is 5. The highest BCUT2D eigenvalue weighted by Crippen LogP contribution is 2.24. The fourth-order valence-electron chi connectivity index (χ4n) is 2.88. The van der Waals surface area contributed by atoms with Crippen molar-refractivity contribution in [1.82, 2.24) is 9.13 Å². The van der Waals surface area contributed by atoms with Crippen LogP contribution in [0.1, 0.15) is 5.56 Å². The summed E-state index contributed by atoms with van der Waals surface area (Å²) in [6.45, 7) is 0. The van der Waals surface area contributed by atoms with Crippen molar-refractivity contribution < 1.29 is 9.53 Å². The summed E-state index contributed by atoms with van der Waals surface area (Å²) < 4.78 is 7.02. The molecule has 3 aromatic rings. The highest BCUT2D eigenvalue weighted by atomic mass is 16.5. The van der Waals surface area contributed by atoms with Gasteiger partial charge in [-0.1, -0.05) is 30.3 Å². The van der Waals surface area contributed by atoms with E-state index in [0.717, 1.165) is 15.5 Å². The Labute approximate surface area is 148 Å². The van der Waals surface area contributed by atoms with Gasteiger partial charge in [0, 0.05) is 31.1 Å². The number of esters is 1. The molecule has 0 fully saturated rings. The maximum Gasteiger partial charge on any atom is 0.352 e. The van der Waals surface area contributed by atoms with Gasteiger partial charge in [0.05, 0.1) is 12.8 Å². The first-order valence-electron chi connectivity index (χ1n) is 7.89. The van der Waals surface area contributed by atoms with Crippen LogP contribution >= 0.6 is 0 Å². The molecule has 3 rings (SSSR count). The fourth-order valence-corrected chi connectivity index (χ4v) is 2.88. The van der Waals surface area contributed by atoms with Gasteiger partial charge in [0.15, 0.2) is 0 Å². The van der Waals surface area contributed by atoms with E-state index in [4.69, 9.17) is 5.41 Å². The predicted molar refractivity (Wildman–Crippen MR) is 98.2 cm³/mol. The van der Waals surface area contributed by atoms with Crippen LogP contribution in [0.15, 0.2) is 58.3 Å². The van der Waals surface area contributed by atoms with Crippen LogP contribution in [-0.2, 0) is 23.0 Å². The molecular formula is C19H17N3O4. The second kappa shape index (κ2) is 6.79. The molecule has 0 saturated carbocycles. The molecule has 0 bridgehead atoms. The lowest BCUT2D eigenvalue weighted by atomic mass is 9.99. The molecule has 26 heavy (non-hydrogen) atoms. The molecule has 0 aliphatic rings. The molecular weight excluding hydrogens is 334 g/mol. The first-order valence-corrected chi connectivity index (χ1v) is 7.89. The maximum absolute atomic E-state index is 12.5. The van der Waals surface area contributed by atoms with Gasteiger partial charge < -0.3 is 9.30 Å². The van der Waals surface area contributed by atoms with E-state index < -0.39 is 17.2 Å². The Morgan fingerprint density at radius 1 is 1.08 bits per heavy atom. The number of benzene rings is 2. The summed E-state index contributed by atoms with van der Waals surface area (Å²) in [5.74, 6) is -0.689. The summed E-state index contributed by atoms with van der Waals surface area (Å²) in [5.41, 5.74) is 0.157. The van der Waals surface area contributed by atoms with Crippen molar-refractivity contribution in [2.24, 2.45) is 7.05 Å². The van der Waals surface area contributed by atoms with Crippen molar-refractivity contribution in [2.75, 3.05) is 7.11 Å². The number of ether oxygens (including phenoxy) is 1. The first-order chi connectivity index (χ1) is 12.4. The van der Waals surface area contributed by atoms with E-state index in [-0.39, 0.29) is 12.1 Å². The molecule has 7 heteroatoms. The number of methoxy groups -OCH3 is 1. The minimum Gasteiger partial charge on any atom is -0.465 e. The third-order valence-electron chi connectivity index (χ3n) is 4.18. The van der Waals surface area contributed by atoms with Crippen molar-refractivity contribution in [3.05, 3.63) is 75.1 Å². The Morgan fingerprint density at radius 2 is 1.77 bits per heavy atom. The molecule has 1 heterocycles. The summed E-state index contributed by atoms with van der Waals surface area (Å²) >= 11 is 0. The Morgan fingerprint density at radius 3 is 2.50 bits per heavy atom. The zero-order valence-electron chi connectivity index (χ0n) is 14.4. The molecule has 0 amide bonds. The van der Waals surface area contributed by atoms with Gasteiger partial charge in [-0.05, 0) is 17.0 Å². The van der Waals surface area contributed by atoms with Gasteiger partial charge in [0.1, 0.15) is 5.71 Å². The van der Waals surface area contributed by atoms with Crippen LogP contribution in [0.4, 0.5) is 0 Å². The van der Waals surface area contributed by atoms with E-state index in [1.54, 1.807) is 37.4 Å². The van der Waals surface area contributed by atoms with E-state index in [1.165, 1.54) is 23.9 Å². The monoisotopic (exact) mass is 351 g/mol. The Bertz CT molecular complexity index is 1140. The quantitative estimate of drug-likeness (QED) is 0.568. The summed E-state index contributed by atoms with van der Waals surface area (Å²) in [6.07, 6.45) is 1.52. The van der Waals surface area contributed by atoms with Crippen LogP contribution in [0.5, 0.6) is 0 Å². The minimum absolute atomic E-state index is 0.0924. The number of rotatable bonds is 4. The fraction of sp³-hybridized carbons (Fsp3) is 0.158. The second-order valence-corrected chi connectivity index (χ2v) is 5.82. The molecule has 1 N–H and O–H groups in total. The molecule has 0 radical (unpaired) electrons. The number of nitrogens with one attached hydrogen (secondary N) is 1. The van der Waals surface area contributed by atoms with Gasteiger partial charge in [-0.3, -0.25) is 10.2 Å². The van der Waals surface area contributed by atoms with Crippen molar-refractivity contribution >= 4 is 22.5 Å². The van der Waals surface area contributed by atoms with Crippen LogP contribution in [0.2, 0.25) is 0 Å². The van der Waals surface area contributed by atoms with Crippen molar-refractivity contribution in [1.29, 1.82) is 5.41 Å². The Kier molecular flexibility index (Phi) is 4.53. The molecule has 0 unspecified atom stereocenters. The molecule has 0 saturated heterocycles. The molecule has 0 aliphatic heterocycles. The standard InChI is InChI=1S/C19H17N3O4/c1-21-10-9-17(23)22(19(21)25)16-8-4-6-13-12(5-3-7-14(13)16)11-15(20)18(24)26-2/h3-10,20H,11H2,1-2H3. The van der Waals surface area contributed by atoms with Crippen LogP contribution in [0.25, 0.3) is 16.5 Å². The van der Waals surface area contributed by atoms with E-state index in [9.17, 15) is 14.4 Å². The average molecular weight is 351 g/mol. The lowest BCUT2D eigenvalue weighted by Crippen LogP contribution is -2.36. The summed E-state index contributed by atoms with van der Waals surface area (Å²) in [4.78, 5) is 36.3. The van der Waals surface area contributed by atoms with E-state index in [2.05, 4.69) is 4.74 Å². The topological polar surface area (TPSA) is 94.2 Å². The molecule has 2 aromatic carbocycles. The number of carbonyl (C=O) groups is 1. The van der Waals surface area contributed by atoms with Crippen molar-refractivity contribution in [2.45, 2.75) is 6.42 Å². The smallest absolute Gasteiger partial charge is 0.352 e. The zero-order valence-corrected chi connectivity index (χ0v) is 14.4. The van der Waals surface area contributed by atoms with Gasteiger partial charge in [0.2, 0.25) is 0 Å². The van der Waals surface area contributed by atoms with E-state index in [1.807, 2.05) is 6.07 Å². The normalized spacial score (nSPS) is 10.7. The molecule has 0 spiro atoms. The van der Waals surface area contributed by atoms with Crippen molar-refractivity contribution in [3.63, 3.8) is 0 Å². The largest absolute Gasteiger partial charge is 0.465 e. The van der Waals surface area contributed by atoms with Gasteiger partial charge in [-0.2, -0.15) is 0 Å². The lowest BCUT2D eigenvalue weighted by molar-refractivity contribution is -0.132. The van der Waals surface area contributed by atoms with Crippen molar-refractivity contribution in [3.8, 4) is 5.69 Å². The molecule has 0 aliphatic carbocycles. The Balaban J connectivity index is 2.23. The van der Waals surface area contributed by atoms with Crippen LogP contribution < -0.4 is 11.2 Å².